The first kappa shape index (κ1) is 33.7. The van der Waals surface area contributed by atoms with Crippen LogP contribution >= 0.6 is 0 Å². The quantitative estimate of drug-likeness (QED) is 0.165. The molecular formula is C28H43NO10. The van der Waals surface area contributed by atoms with Crippen LogP contribution in [0.2, 0.25) is 0 Å². The molecule has 0 saturated carbocycles. The van der Waals surface area contributed by atoms with Crippen LogP contribution in [0.1, 0.15) is 79.2 Å². The Morgan fingerprint density at radius 3 is 1.90 bits per heavy atom. The van der Waals surface area contributed by atoms with Crippen molar-refractivity contribution in [2.75, 3.05) is 13.2 Å². The largest absolute Gasteiger partial charge is 0.513 e. The molecule has 4 atom stereocenters. The summed E-state index contributed by atoms with van der Waals surface area (Å²) in [7, 11) is 0. The Labute approximate surface area is 230 Å². The smallest absolute Gasteiger partial charge is 0.480 e. The highest BCUT2D eigenvalue weighted by Gasteiger charge is 2.36. The minimum absolute atomic E-state index is 0.0472. The lowest BCUT2D eigenvalue weighted by atomic mass is 9.79. The van der Waals surface area contributed by atoms with Gasteiger partial charge in [0.25, 0.3) is 0 Å². The second-order valence-corrected chi connectivity index (χ2v) is 10.4. The van der Waals surface area contributed by atoms with Crippen LogP contribution in [0.4, 0.5) is 9.59 Å². The molecule has 0 radical (unpaired) electrons. The molecule has 0 amide bonds. The van der Waals surface area contributed by atoms with Crippen molar-refractivity contribution in [3.8, 4) is 11.5 Å². The van der Waals surface area contributed by atoms with Gasteiger partial charge in [-0.15, -0.1) is 0 Å². The Kier molecular flexibility index (Phi) is 14.3. The second-order valence-electron chi connectivity index (χ2n) is 10.4. The van der Waals surface area contributed by atoms with Gasteiger partial charge >= 0.3 is 24.2 Å². The molecule has 220 valence electrons. The fourth-order valence-electron chi connectivity index (χ4n) is 3.58. The normalized spacial score (nSPS) is 14.2. The predicted octanol–water partition coefficient (Wildman–Crippen LogP) is 5.28. The van der Waals surface area contributed by atoms with E-state index in [1.54, 1.807) is 13.8 Å². The van der Waals surface area contributed by atoms with Crippen molar-refractivity contribution in [2.45, 2.75) is 85.8 Å². The molecule has 1 aromatic rings. The number of carboxylic acid groups (broad SMARTS) is 1. The van der Waals surface area contributed by atoms with E-state index in [2.05, 4.69) is 0 Å². The van der Waals surface area contributed by atoms with Gasteiger partial charge in [0.1, 0.15) is 12.1 Å². The third-order valence-electron chi connectivity index (χ3n) is 5.84. The number of carboxylic acids is 1. The fraction of sp³-hybridized carbons (Fsp3) is 0.643. The van der Waals surface area contributed by atoms with Crippen molar-refractivity contribution in [2.24, 2.45) is 23.5 Å². The predicted molar refractivity (Wildman–Crippen MR) is 143 cm³/mol. The first-order valence-corrected chi connectivity index (χ1v) is 13.3. The van der Waals surface area contributed by atoms with Crippen LogP contribution in [-0.2, 0) is 23.8 Å². The van der Waals surface area contributed by atoms with Gasteiger partial charge in [-0.05, 0) is 42.9 Å². The molecule has 0 aliphatic heterocycles. The van der Waals surface area contributed by atoms with E-state index < -0.39 is 42.3 Å². The molecule has 1 aromatic carbocycles. The molecule has 0 aliphatic carbocycles. The maximum Gasteiger partial charge on any atom is 0.513 e. The zero-order valence-corrected chi connectivity index (χ0v) is 23.9. The lowest BCUT2D eigenvalue weighted by Crippen LogP contribution is -2.42. The van der Waals surface area contributed by atoms with E-state index in [4.69, 9.17) is 29.4 Å². The second kappa shape index (κ2) is 16.6. The molecule has 0 saturated heterocycles. The summed E-state index contributed by atoms with van der Waals surface area (Å²) in [5, 5.41) is 9.73. The highest BCUT2D eigenvalue weighted by Crippen LogP contribution is 2.37. The topological polar surface area (TPSA) is 161 Å². The van der Waals surface area contributed by atoms with Crippen molar-refractivity contribution in [3.63, 3.8) is 0 Å². The van der Waals surface area contributed by atoms with E-state index in [0.717, 1.165) is 6.42 Å². The molecule has 3 unspecified atom stereocenters. The average Bonchev–Trinajstić information content (AvgIpc) is 2.86. The number of hydrogen-bond acceptors (Lipinski definition) is 10. The maximum atomic E-state index is 12.4. The molecule has 11 nitrogen and oxygen atoms in total. The molecule has 11 heteroatoms. The molecule has 0 aromatic heterocycles. The number of esters is 1. The van der Waals surface area contributed by atoms with Gasteiger partial charge in [-0.1, -0.05) is 54.0 Å². The summed E-state index contributed by atoms with van der Waals surface area (Å²) >= 11 is 0. The van der Waals surface area contributed by atoms with E-state index >= 15 is 0 Å². The Hall–Kier alpha value is -3.34. The third kappa shape index (κ3) is 11.9. The lowest BCUT2D eigenvalue weighted by Gasteiger charge is -2.31. The van der Waals surface area contributed by atoms with Gasteiger partial charge in [0, 0.05) is 18.3 Å². The highest BCUT2D eigenvalue weighted by atomic mass is 16.7. The summed E-state index contributed by atoms with van der Waals surface area (Å²) in [6, 6.07) is 2.83. The Balaban J connectivity index is 3.38. The van der Waals surface area contributed by atoms with Crippen LogP contribution in [0.25, 0.3) is 0 Å². The van der Waals surface area contributed by atoms with Crippen molar-refractivity contribution in [1.82, 2.24) is 0 Å². The molecule has 3 N–H and O–H groups in total. The number of nitrogens with two attached hydrogens (primary N) is 1. The van der Waals surface area contributed by atoms with Gasteiger partial charge in [-0.3, -0.25) is 9.59 Å². The molecular weight excluding hydrogens is 510 g/mol. The molecule has 1 rings (SSSR count). The standard InChI is InChI=1S/C28H43NO10/c1-8-9-10-23(30)37-19(7)18(6)24(25(29)26(31)32)20-11-12-21(38-27(33)35-14-16(2)3)22(13-20)39-28(34)36-15-17(4)5/h11-13,16-19,24-25H,8-10,14-15,29H2,1-7H3,(H,31,32)/t18?,19?,24?,25-/m0/s1. The van der Waals surface area contributed by atoms with Gasteiger partial charge in [-0.2, -0.15) is 0 Å². The van der Waals surface area contributed by atoms with Crippen LogP contribution in [0, 0.1) is 17.8 Å². The number of aliphatic carboxylic acids is 1. The van der Waals surface area contributed by atoms with Crippen LogP contribution in [-0.4, -0.2) is 54.7 Å². The van der Waals surface area contributed by atoms with E-state index in [-0.39, 0.29) is 48.9 Å². The fourth-order valence-corrected chi connectivity index (χ4v) is 3.58. The summed E-state index contributed by atoms with van der Waals surface area (Å²) in [5.74, 6) is -3.29. The number of ether oxygens (including phenoxy) is 5. The Bertz CT molecular complexity index is 962. The summed E-state index contributed by atoms with van der Waals surface area (Å²) in [6.45, 7) is 13.0. The van der Waals surface area contributed by atoms with Crippen molar-refractivity contribution in [3.05, 3.63) is 23.8 Å². The van der Waals surface area contributed by atoms with E-state index in [1.165, 1.54) is 18.2 Å². The van der Waals surface area contributed by atoms with E-state index in [1.807, 2.05) is 34.6 Å². The average molecular weight is 554 g/mol. The minimum atomic E-state index is -1.39. The van der Waals surface area contributed by atoms with Gasteiger partial charge in [0.2, 0.25) is 0 Å². The number of carbonyl (C=O) groups is 4. The maximum absolute atomic E-state index is 12.4. The van der Waals surface area contributed by atoms with E-state index in [9.17, 15) is 24.3 Å². The first-order chi connectivity index (χ1) is 18.3. The van der Waals surface area contributed by atoms with Gasteiger partial charge in [-0.25, -0.2) is 9.59 Å². The van der Waals surface area contributed by atoms with Crippen LogP contribution in [0.15, 0.2) is 18.2 Å². The third-order valence-corrected chi connectivity index (χ3v) is 5.84. The van der Waals surface area contributed by atoms with Crippen LogP contribution < -0.4 is 15.2 Å². The summed E-state index contributed by atoms with van der Waals surface area (Å²) < 4.78 is 26.3. The summed E-state index contributed by atoms with van der Waals surface area (Å²) in [6.07, 6.45) is -0.964. The summed E-state index contributed by atoms with van der Waals surface area (Å²) in [5.41, 5.74) is 6.45. The number of hydrogen-bond donors (Lipinski definition) is 2. The van der Waals surface area contributed by atoms with Gasteiger partial charge in [0.05, 0.1) is 13.2 Å². The zero-order chi connectivity index (χ0) is 29.7. The van der Waals surface area contributed by atoms with Crippen LogP contribution in [0.3, 0.4) is 0 Å². The Morgan fingerprint density at radius 2 is 1.41 bits per heavy atom. The minimum Gasteiger partial charge on any atom is -0.480 e. The van der Waals surface area contributed by atoms with Gasteiger partial charge < -0.3 is 34.5 Å². The number of unbranched alkanes of at least 4 members (excludes halogenated alkanes) is 1. The highest BCUT2D eigenvalue weighted by molar-refractivity contribution is 5.75. The molecule has 0 fully saturated rings. The SMILES string of the molecule is CCCCC(=O)OC(C)C(C)C(c1ccc(OC(=O)OCC(C)C)c(OC(=O)OCC(C)C)c1)[C@H](N)C(=O)O. The van der Waals surface area contributed by atoms with Crippen molar-refractivity contribution in [1.29, 1.82) is 0 Å². The number of benzene rings is 1. The first-order valence-electron chi connectivity index (χ1n) is 13.3. The van der Waals surface area contributed by atoms with Crippen molar-refractivity contribution < 1.29 is 48.0 Å². The van der Waals surface area contributed by atoms with Crippen molar-refractivity contribution >= 4 is 24.2 Å². The number of carbonyl (C=O) groups excluding carboxylic acids is 3. The van der Waals surface area contributed by atoms with Crippen LogP contribution in [0.5, 0.6) is 11.5 Å². The molecule has 39 heavy (non-hydrogen) atoms. The van der Waals surface area contributed by atoms with E-state index in [0.29, 0.717) is 12.0 Å². The molecule has 0 heterocycles. The zero-order valence-electron chi connectivity index (χ0n) is 23.9. The molecule has 0 aliphatic rings. The molecule has 0 spiro atoms. The monoisotopic (exact) mass is 553 g/mol. The Morgan fingerprint density at radius 1 is 0.872 bits per heavy atom. The summed E-state index contributed by atoms with van der Waals surface area (Å²) in [4.78, 5) is 48.7. The number of rotatable bonds is 15. The lowest BCUT2D eigenvalue weighted by molar-refractivity contribution is -0.151. The van der Waals surface area contributed by atoms with Gasteiger partial charge in [0.15, 0.2) is 11.5 Å². The molecule has 0 bridgehead atoms.